The van der Waals surface area contributed by atoms with Crippen LogP contribution in [0.4, 0.5) is 13.2 Å². The van der Waals surface area contributed by atoms with Gasteiger partial charge in [-0.25, -0.2) is 4.68 Å². The minimum Gasteiger partial charge on any atom is -0.374 e. The molecular weight excluding hydrogens is 351 g/mol. The van der Waals surface area contributed by atoms with Crippen molar-refractivity contribution < 1.29 is 22.7 Å². The number of aromatic nitrogens is 2. The summed E-state index contributed by atoms with van der Waals surface area (Å²) < 4.78 is 43.9. The third-order valence-corrected chi connectivity index (χ3v) is 4.13. The van der Waals surface area contributed by atoms with Gasteiger partial charge in [0.25, 0.3) is 11.5 Å². The monoisotopic (exact) mass is 369 g/mol. The number of nitrogens with zero attached hydrogens (tertiary/aromatic N) is 2. The molecule has 0 unspecified atom stereocenters. The Morgan fingerprint density at radius 1 is 1.31 bits per heavy atom. The van der Waals surface area contributed by atoms with Crippen LogP contribution >= 0.6 is 0 Å². The largest absolute Gasteiger partial charge is 0.391 e. The Morgan fingerprint density at radius 3 is 2.65 bits per heavy atom. The van der Waals surface area contributed by atoms with Gasteiger partial charge in [0.05, 0.1) is 24.8 Å². The number of nitrogens with one attached hydrogen (secondary N) is 1. The normalized spacial score (nSPS) is 18.2. The molecule has 9 heteroatoms. The average Bonchev–Trinajstić information content (AvgIpc) is 2.95. The van der Waals surface area contributed by atoms with Crippen LogP contribution in [-0.2, 0) is 4.74 Å². The molecule has 1 aliphatic heterocycles. The highest BCUT2D eigenvalue weighted by atomic mass is 19.4. The van der Waals surface area contributed by atoms with Crippen molar-refractivity contribution in [2.24, 2.45) is 0 Å². The van der Waals surface area contributed by atoms with E-state index in [1.807, 2.05) is 19.1 Å². The minimum atomic E-state index is -4.36. The molecule has 1 aromatic heterocycles. The van der Waals surface area contributed by atoms with Gasteiger partial charge in [0.2, 0.25) is 0 Å². The van der Waals surface area contributed by atoms with Crippen molar-refractivity contribution in [3.8, 4) is 5.69 Å². The van der Waals surface area contributed by atoms with Gasteiger partial charge in [0, 0.05) is 19.2 Å². The van der Waals surface area contributed by atoms with Crippen LogP contribution in [0.25, 0.3) is 5.69 Å². The van der Waals surface area contributed by atoms with Gasteiger partial charge in [-0.2, -0.15) is 13.2 Å². The maximum absolute atomic E-state index is 12.6. The van der Waals surface area contributed by atoms with E-state index < -0.39 is 30.2 Å². The van der Waals surface area contributed by atoms with E-state index in [0.717, 1.165) is 11.6 Å². The van der Waals surface area contributed by atoms with Crippen LogP contribution in [-0.4, -0.2) is 52.6 Å². The number of carbonyl (C=O) groups is 1. The van der Waals surface area contributed by atoms with Gasteiger partial charge in [0.15, 0.2) is 0 Å². The summed E-state index contributed by atoms with van der Waals surface area (Å²) in [6.07, 6.45) is -6.57. The summed E-state index contributed by atoms with van der Waals surface area (Å²) in [5.41, 5.74) is 1.20. The number of morpholine rings is 1. The van der Waals surface area contributed by atoms with Crippen molar-refractivity contribution in [1.82, 2.24) is 14.7 Å². The number of H-pyrrole nitrogens is 1. The Balaban J connectivity index is 1.77. The second-order valence-corrected chi connectivity index (χ2v) is 6.24. The number of alkyl halides is 3. The van der Waals surface area contributed by atoms with Gasteiger partial charge in [-0.3, -0.25) is 14.7 Å². The smallest absolute Gasteiger partial charge is 0.374 e. The van der Waals surface area contributed by atoms with E-state index >= 15 is 0 Å². The topological polar surface area (TPSA) is 67.3 Å². The van der Waals surface area contributed by atoms with E-state index in [0.29, 0.717) is 5.69 Å². The van der Waals surface area contributed by atoms with Crippen molar-refractivity contribution in [3.63, 3.8) is 0 Å². The standard InChI is InChI=1S/C17H18F3N3O3/c1-11-2-4-12(5-3-11)23-15(24)8-14(21-23)16(25)22-6-7-26-13(10-22)9-17(18,19)20/h2-5,8,13,21H,6-7,9-10H2,1H3/t13-/m0/s1. The molecule has 1 fully saturated rings. The van der Waals surface area contributed by atoms with Crippen LogP contribution in [0.15, 0.2) is 35.1 Å². The van der Waals surface area contributed by atoms with Crippen molar-refractivity contribution in [3.05, 3.63) is 51.9 Å². The molecule has 1 aromatic carbocycles. The van der Waals surface area contributed by atoms with Crippen LogP contribution in [0.5, 0.6) is 0 Å². The molecule has 2 heterocycles. The van der Waals surface area contributed by atoms with Crippen molar-refractivity contribution >= 4 is 5.91 Å². The molecule has 2 aromatic rings. The number of aryl methyl sites for hydroxylation is 1. The number of amides is 1. The van der Waals surface area contributed by atoms with E-state index in [-0.39, 0.29) is 25.4 Å². The first kappa shape index (κ1) is 18.2. The Kier molecular flexibility index (Phi) is 4.90. The second kappa shape index (κ2) is 6.99. The molecule has 0 radical (unpaired) electrons. The molecule has 26 heavy (non-hydrogen) atoms. The Labute approximate surface area is 147 Å². The van der Waals surface area contributed by atoms with Gasteiger partial charge in [-0.15, -0.1) is 0 Å². The fourth-order valence-corrected chi connectivity index (χ4v) is 2.85. The number of hydrogen-bond acceptors (Lipinski definition) is 3. The quantitative estimate of drug-likeness (QED) is 0.903. The molecule has 6 nitrogen and oxygen atoms in total. The predicted octanol–water partition coefficient (Wildman–Crippen LogP) is 2.27. The molecule has 140 valence electrons. The second-order valence-electron chi connectivity index (χ2n) is 6.24. The summed E-state index contributed by atoms with van der Waals surface area (Å²) >= 11 is 0. The molecule has 0 spiro atoms. The summed E-state index contributed by atoms with van der Waals surface area (Å²) in [5, 5.41) is 2.73. The Hall–Kier alpha value is -2.55. The zero-order valence-corrected chi connectivity index (χ0v) is 14.0. The molecular formula is C17H18F3N3O3. The van der Waals surface area contributed by atoms with E-state index in [1.165, 1.54) is 9.58 Å². The summed E-state index contributed by atoms with van der Waals surface area (Å²) in [5.74, 6) is -0.525. The molecule has 1 N–H and O–H groups in total. The highest BCUT2D eigenvalue weighted by molar-refractivity contribution is 5.92. The summed E-state index contributed by atoms with van der Waals surface area (Å²) in [7, 11) is 0. The molecule has 1 amide bonds. The maximum atomic E-state index is 12.6. The molecule has 1 saturated heterocycles. The number of ether oxygens (including phenoxy) is 1. The first-order chi connectivity index (χ1) is 12.2. The van der Waals surface area contributed by atoms with E-state index in [2.05, 4.69) is 5.10 Å². The predicted molar refractivity (Wildman–Crippen MR) is 87.4 cm³/mol. The fraction of sp³-hybridized carbons (Fsp3) is 0.412. The number of hydrogen-bond donors (Lipinski definition) is 1. The summed E-state index contributed by atoms with van der Waals surface area (Å²) in [6, 6.07) is 8.27. The van der Waals surface area contributed by atoms with Gasteiger partial charge < -0.3 is 9.64 Å². The lowest BCUT2D eigenvalue weighted by molar-refractivity contribution is -0.168. The van der Waals surface area contributed by atoms with E-state index in [4.69, 9.17) is 4.74 Å². The highest BCUT2D eigenvalue weighted by Crippen LogP contribution is 2.25. The van der Waals surface area contributed by atoms with Crippen LogP contribution in [0, 0.1) is 6.92 Å². The summed E-state index contributed by atoms with van der Waals surface area (Å²) in [4.78, 5) is 26.0. The first-order valence-corrected chi connectivity index (χ1v) is 8.10. The van der Waals surface area contributed by atoms with Gasteiger partial charge in [0.1, 0.15) is 5.69 Å². The number of rotatable bonds is 3. The molecule has 0 saturated carbocycles. The average molecular weight is 369 g/mol. The lowest BCUT2D eigenvalue weighted by Crippen LogP contribution is -2.47. The number of benzene rings is 1. The molecule has 1 atom stereocenters. The zero-order chi connectivity index (χ0) is 18.9. The number of carbonyl (C=O) groups excluding carboxylic acids is 1. The van der Waals surface area contributed by atoms with Crippen molar-refractivity contribution in [1.29, 1.82) is 0 Å². The molecule has 3 rings (SSSR count). The van der Waals surface area contributed by atoms with Crippen LogP contribution in [0.1, 0.15) is 22.5 Å². The van der Waals surface area contributed by atoms with Gasteiger partial charge in [-0.05, 0) is 19.1 Å². The Morgan fingerprint density at radius 2 is 2.00 bits per heavy atom. The maximum Gasteiger partial charge on any atom is 0.391 e. The third kappa shape index (κ3) is 4.16. The van der Waals surface area contributed by atoms with E-state index in [1.54, 1.807) is 12.1 Å². The minimum absolute atomic E-state index is 0.0232. The zero-order valence-electron chi connectivity index (χ0n) is 14.0. The summed E-state index contributed by atoms with van der Waals surface area (Å²) in [6.45, 7) is 1.93. The molecule has 1 aliphatic rings. The Bertz CT molecular complexity index is 839. The highest BCUT2D eigenvalue weighted by Gasteiger charge is 2.36. The van der Waals surface area contributed by atoms with Gasteiger partial charge >= 0.3 is 6.18 Å². The first-order valence-electron chi connectivity index (χ1n) is 8.10. The number of aromatic amines is 1. The lowest BCUT2D eigenvalue weighted by atomic mass is 10.2. The molecule has 0 aliphatic carbocycles. The van der Waals surface area contributed by atoms with Crippen LogP contribution < -0.4 is 5.56 Å². The molecule has 0 bridgehead atoms. The van der Waals surface area contributed by atoms with Crippen LogP contribution in [0.3, 0.4) is 0 Å². The SMILES string of the molecule is Cc1ccc(-n2[nH]c(C(=O)N3CCO[C@@H](CC(F)(F)F)C3)cc2=O)cc1. The van der Waals surface area contributed by atoms with Gasteiger partial charge in [-0.1, -0.05) is 17.7 Å². The lowest BCUT2D eigenvalue weighted by Gasteiger charge is -2.33. The fourth-order valence-electron chi connectivity index (χ4n) is 2.85. The van der Waals surface area contributed by atoms with Crippen LogP contribution in [0.2, 0.25) is 0 Å². The number of halogens is 3. The van der Waals surface area contributed by atoms with Crippen molar-refractivity contribution in [2.75, 3.05) is 19.7 Å². The van der Waals surface area contributed by atoms with Crippen molar-refractivity contribution in [2.45, 2.75) is 25.6 Å². The van der Waals surface area contributed by atoms with E-state index in [9.17, 15) is 22.8 Å². The third-order valence-electron chi connectivity index (χ3n) is 4.13.